The number of alkyl halides is 6. The van der Waals surface area contributed by atoms with Gasteiger partial charge in [0, 0.05) is 26.3 Å². The predicted octanol–water partition coefficient (Wildman–Crippen LogP) is -0.818. The van der Waals surface area contributed by atoms with E-state index in [1.807, 2.05) is 39.3 Å². The SMILES string of the molecule is CC.CN=C(/C=C(/c1nn2c(c1C)CCCC2)C(C)C)C(F)(F)F.CN=C(/C=C(\N)C(F)(F)F)C(N)=O.[I-].[Rb+]. The number of primary amides is 1. The summed E-state index contributed by atoms with van der Waals surface area (Å²) in [5.41, 5.74) is 9.94. The molecule has 1 amide bonds. The molecule has 0 spiro atoms. The van der Waals surface area contributed by atoms with Crippen molar-refractivity contribution < 1.29 is 113 Å². The van der Waals surface area contributed by atoms with Crippen molar-refractivity contribution in [1.82, 2.24) is 9.78 Å². The molecular formula is C24H36F6IN6ORb. The molecule has 0 bridgehead atoms. The molecule has 218 valence electrons. The standard InChI is InChI=1S/C16H22F3N3.C6H8F3N3O.C2H6.HI.Rb/c1-10(2)12(9-14(20-4)16(17,18)19)15-11(3)13-7-5-6-8-22(13)21-15;1-12-3(5(11)13)2-4(10)6(7,8)9;1-2;;/h9-10H,5-8H2,1-4H3;2H,10H2,1H3,(H2,11,13);1-2H3;1H;/q;;;;+1/p-1/b12-9+,20-14?;4-2-,12-3?;;;. The zero-order valence-corrected chi connectivity index (χ0v) is 30.6. The summed E-state index contributed by atoms with van der Waals surface area (Å²) in [6, 6.07) is 0. The number of aliphatic imine (C=N–C) groups is 2. The van der Waals surface area contributed by atoms with E-state index in [9.17, 15) is 31.1 Å². The number of aromatic nitrogens is 2. The Balaban J connectivity index is -0.000000663. The van der Waals surface area contributed by atoms with E-state index < -0.39 is 35.4 Å². The van der Waals surface area contributed by atoms with Gasteiger partial charge in [-0.1, -0.05) is 27.7 Å². The first-order chi connectivity index (χ1) is 17.0. The average molecular weight is 751 g/mol. The van der Waals surface area contributed by atoms with Crippen molar-refractivity contribution in [2.75, 3.05) is 14.1 Å². The Labute approximate surface area is 291 Å². The van der Waals surface area contributed by atoms with Crippen molar-refractivity contribution in [2.45, 2.75) is 72.8 Å². The Morgan fingerprint density at radius 2 is 1.54 bits per heavy atom. The van der Waals surface area contributed by atoms with Crippen molar-refractivity contribution in [3.8, 4) is 0 Å². The molecule has 0 saturated carbocycles. The molecule has 7 nitrogen and oxygen atoms in total. The fourth-order valence-corrected chi connectivity index (χ4v) is 3.32. The maximum Gasteiger partial charge on any atom is 1.00 e. The van der Waals surface area contributed by atoms with Gasteiger partial charge in [-0.2, -0.15) is 31.4 Å². The van der Waals surface area contributed by atoms with Gasteiger partial charge in [-0.15, -0.1) is 0 Å². The quantitative estimate of drug-likeness (QED) is 0.233. The first-order valence-electron chi connectivity index (χ1n) is 11.7. The van der Waals surface area contributed by atoms with Crippen LogP contribution < -0.4 is 93.6 Å². The van der Waals surface area contributed by atoms with Crippen LogP contribution in [0.4, 0.5) is 26.3 Å². The summed E-state index contributed by atoms with van der Waals surface area (Å²) in [7, 11) is 2.31. The largest absolute Gasteiger partial charge is 1.00 e. The van der Waals surface area contributed by atoms with E-state index >= 15 is 0 Å². The molecule has 39 heavy (non-hydrogen) atoms. The summed E-state index contributed by atoms with van der Waals surface area (Å²) in [5, 5.41) is 4.57. The number of nitrogens with zero attached hydrogens (tertiary/aromatic N) is 4. The van der Waals surface area contributed by atoms with Crippen molar-refractivity contribution in [3.63, 3.8) is 0 Å². The van der Waals surface area contributed by atoms with Crippen LogP contribution in [-0.4, -0.2) is 53.6 Å². The Morgan fingerprint density at radius 1 is 1.00 bits per heavy atom. The van der Waals surface area contributed by atoms with Gasteiger partial charge in [0.1, 0.15) is 17.1 Å². The molecule has 1 aromatic rings. The van der Waals surface area contributed by atoms with Crippen molar-refractivity contribution in [2.24, 2.45) is 27.4 Å². The van der Waals surface area contributed by atoms with Crippen molar-refractivity contribution in [3.05, 3.63) is 34.8 Å². The van der Waals surface area contributed by atoms with Gasteiger partial charge < -0.3 is 35.4 Å². The van der Waals surface area contributed by atoms with E-state index in [-0.39, 0.29) is 88.1 Å². The normalized spacial score (nSPS) is 14.6. The molecular weight excluding hydrogens is 715 g/mol. The zero-order valence-electron chi connectivity index (χ0n) is 23.6. The number of halogens is 7. The van der Waals surface area contributed by atoms with Crippen LogP contribution in [0.25, 0.3) is 5.57 Å². The van der Waals surface area contributed by atoms with Crippen LogP contribution in [0.2, 0.25) is 0 Å². The van der Waals surface area contributed by atoms with E-state index in [0.29, 0.717) is 17.3 Å². The summed E-state index contributed by atoms with van der Waals surface area (Å²) in [6.45, 7) is 10.6. The second-order valence-corrected chi connectivity index (χ2v) is 8.03. The molecule has 0 aromatic carbocycles. The Hall–Kier alpha value is -0.585. The molecule has 1 aliphatic rings. The number of rotatable bonds is 5. The topological polar surface area (TPSA) is 112 Å². The fourth-order valence-electron chi connectivity index (χ4n) is 3.32. The second kappa shape index (κ2) is 19.5. The number of aryl methyl sites for hydroxylation is 1. The molecule has 0 unspecified atom stereocenters. The third kappa shape index (κ3) is 13.8. The van der Waals surface area contributed by atoms with Crippen LogP contribution in [0.5, 0.6) is 0 Å². The van der Waals surface area contributed by atoms with Gasteiger partial charge in [0.05, 0.1) is 5.69 Å². The van der Waals surface area contributed by atoms with Crippen LogP contribution >= 0.6 is 0 Å². The Bertz CT molecular complexity index is 1040. The molecule has 0 saturated heterocycles. The maximum atomic E-state index is 13.0. The van der Waals surface area contributed by atoms with Crippen molar-refractivity contribution >= 4 is 22.9 Å². The van der Waals surface area contributed by atoms with Crippen LogP contribution in [-0.2, 0) is 17.8 Å². The number of nitrogens with two attached hydrogens (primary N) is 2. The monoisotopic (exact) mass is 750 g/mol. The zero-order chi connectivity index (χ0) is 29.1. The molecule has 15 heteroatoms. The van der Waals surface area contributed by atoms with E-state index in [4.69, 9.17) is 5.73 Å². The molecule has 2 heterocycles. The summed E-state index contributed by atoms with van der Waals surface area (Å²) in [5.74, 6) is -1.12. The Kier molecular flexibility index (Phi) is 21.5. The van der Waals surface area contributed by atoms with Gasteiger partial charge in [0.15, 0.2) is 0 Å². The molecule has 0 atom stereocenters. The number of hydrogen-bond acceptors (Lipinski definition) is 5. The minimum atomic E-state index is -4.68. The van der Waals surface area contributed by atoms with E-state index in [1.165, 1.54) is 7.05 Å². The number of carbonyl (C=O) groups is 1. The molecule has 0 fully saturated rings. The first-order valence-corrected chi connectivity index (χ1v) is 11.7. The van der Waals surface area contributed by atoms with E-state index in [0.717, 1.165) is 50.2 Å². The number of amides is 1. The third-order valence-corrected chi connectivity index (χ3v) is 5.19. The predicted molar refractivity (Wildman–Crippen MR) is 134 cm³/mol. The summed E-state index contributed by atoms with van der Waals surface area (Å²) < 4.78 is 76.3. The summed E-state index contributed by atoms with van der Waals surface area (Å²) in [6.07, 6.45) is -4.46. The van der Waals surface area contributed by atoms with Crippen molar-refractivity contribution in [1.29, 1.82) is 0 Å². The maximum absolute atomic E-state index is 13.0. The molecule has 4 N–H and O–H groups in total. The summed E-state index contributed by atoms with van der Waals surface area (Å²) >= 11 is 0. The molecule has 2 rings (SSSR count). The Morgan fingerprint density at radius 3 is 1.90 bits per heavy atom. The smallest absolute Gasteiger partial charge is 1.00 e. The van der Waals surface area contributed by atoms with Crippen LogP contribution in [0.1, 0.15) is 57.5 Å². The van der Waals surface area contributed by atoms with Gasteiger partial charge in [-0.25, -0.2) is 0 Å². The number of fused-ring (bicyclic) bond motifs is 1. The summed E-state index contributed by atoms with van der Waals surface area (Å²) in [4.78, 5) is 17.0. The van der Waals surface area contributed by atoms with Gasteiger partial charge in [0.25, 0.3) is 5.91 Å². The van der Waals surface area contributed by atoms with Gasteiger partial charge in [-0.3, -0.25) is 19.5 Å². The minimum Gasteiger partial charge on any atom is -1.00 e. The van der Waals surface area contributed by atoms with Gasteiger partial charge in [0.2, 0.25) is 0 Å². The minimum absolute atomic E-state index is 0. The molecule has 1 aliphatic heterocycles. The van der Waals surface area contributed by atoms with Gasteiger partial charge >= 0.3 is 70.5 Å². The van der Waals surface area contributed by atoms with E-state index in [1.54, 1.807) is 0 Å². The molecule has 0 radical (unpaired) electrons. The second-order valence-electron chi connectivity index (χ2n) is 8.03. The number of hydrogen-bond donors (Lipinski definition) is 2. The van der Waals surface area contributed by atoms with Crippen LogP contribution in [0.3, 0.4) is 0 Å². The number of allylic oxidation sites excluding steroid dienone is 3. The fraction of sp³-hybridized carbons (Fsp3) is 0.583. The first kappa shape index (κ1) is 42.9. The van der Waals surface area contributed by atoms with Crippen LogP contribution in [0.15, 0.2) is 27.8 Å². The average Bonchev–Trinajstić information content (AvgIpc) is 3.14. The van der Waals surface area contributed by atoms with E-state index in [2.05, 4.69) is 20.8 Å². The van der Waals surface area contributed by atoms with Crippen LogP contribution in [0, 0.1) is 12.8 Å². The molecule has 0 aliphatic carbocycles. The van der Waals surface area contributed by atoms with Gasteiger partial charge in [-0.05, 0) is 55.4 Å². The third-order valence-electron chi connectivity index (χ3n) is 5.19. The number of carbonyl (C=O) groups excluding carboxylic acids is 1. The molecule has 1 aromatic heterocycles.